The second kappa shape index (κ2) is 4.96. The molecule has 0 aromatic carbocycles. The minimum absolute atomic E-state index is 0.950. The molecule has 1 rings (SSSR count). The number of nitrogens with zero attached hydrogens (tertiary/aromatic N) is 3. The fourth-order valence-corrected chi connectivity index (χ4v) is 1.49. The molecule has 14 heavy (non-hydrogen) atoms. The Labute approximate surface area is 86.4 Å². The first-order valence-corrected chi connectivity index (χ1v) is 4.91. The van der Waals surface area contributed by atoms with Crippen LogP contribution in [0.3, 0.4) is 0 Å². The highest BCUT2D eigenvalue weighted by Gasteiger charge is 2.14. The minimum atomic E-state index is 0.950. The molecular formula is C11H19N3. The SMILES string of the molecule is C=N/C(=C\C(=C)C)N1CCN(C)CC1. The van der Waals surface area contributed by atoms with Gasteiger partial charge in [-0.2, -0.15) is 0 Å². The number of allylic oxidation sites excluding steroid dienone is 2. The lowest BCUT2D eigenvalue weighted by atomic mass is 10.3. The van der Waals surface area contributed by atoms with E-state index in [1.807, 2.05) is 13.0 Å². The maximum Gasteiger partial charge on any atom is 0.128 e. The van der Waals surface area contributed by atoms with Crippen LogP contribution in [0.15, 0.2) is 29.0 Å². The predicted molar refractivity (Wildman–Crippen MR) is 61.5 cm³/mol. The average Bonchev–Trinajstić information content (AvgIpc) is 2.15. The zero-order valence-corrected chi connectivity index (χ0v) is 9.16. The van der Waals surface area contributed by atoms with Crippen LogP contribution < -0.4 is 0 Å². The molecule has 0 amide bonds. The van der Waals surface area contributed by atoms with Crippen LogP contribution in [0.4, 0.5) is 0 Å². The van der Waals surface area contributed by atoms with Gasteiger partial charge in [0.05, 0.1) is 0 Å². The van der Waals surface area contributed by atoms with E-state index in [9.17, 15) is 0 Å². The Hall–Kier alpha value is -1.09. The van der Waals surface area contributed by atoms with E-state index in [1.165, 1.54) is 0 Å². The van der Waals surface area contributed by atoms with Crippen molar-refractivity contribution in [2.45, 2.75) is 6.92 Å². The highest BCUT2D eigenvalue weighted by atomic mass is 15.3. The Kier molecular flexibility index (Phi) is 3.89. The Balaban J connectivity index is 2.62. The molecule has 1 fully saturated rings. The monoisotopic (exact) mass is 193 g/mol. The predicted octanol–water partition coefficient (Wildman–Crippen LogP) is 1.35. The fraction of sp³-hybridized carbons (Fsp3) is 0.545. The molecule has 0 N–H and O–H groups in total. The Morgan fingerprint density at radius 3 is 2.29 bits per heavy atom. The van der Waals surface area contributed by atoms with Crippen LogP contribution >= 0.6 is 0 Å². The van der Waals surface area contributed by atoms with Crippen molar-refractivity contribution >= 4 is 6.72 Å². The first-order valence-electron chi connectivity index (χ1n) is 4.91. The van der Waals surface area contributed by atoms with Gasteiger partial charge in [0.25, 0.3) is 0 Å². The molecule has 1 aliphatic heterocycles. The molecule has 3 nitrogen and oxygen atoms in total. The van der Waals surface area contributed by atoms with E-state index in [0.717, 1.165) is 37.6 Å². The highest BCUT2D eigenvalue weighted by molar-refractivity contribution is 5.31. The minimum Gasteiger partial charge on any atom is -0.354 e. The van der Waals surface area contributed by atoms with Gasteiger partial charge in [0.2, 0.25) is 0 Å². The molecular weight excluding hydrogens is 174 g/mol. The standard InChI is InChI=1S/C11H19N3/c1-10(2)9-11(12-3)14-7-5-13(4)6-8-14/h9H,1,3,5-8H2,2,4H3/b11-9+. The summed E-state index contributed by atoms with van der Waals surface area (Å²) in [6, 6.07) is 0. The number of hydrogen-bond acceptors (Lipinski definition) is 3. The molecule has 0 radical (unpaired) electrons. The van der Waals surface area contributed by atoms with Gasteiger partial charge in [-0.15, -0.1) is 0 Å². The molecule has 0 aliphatic carbocycles. The van der Waals surface area contributed by atoms with Crippen molar-refractivity contribution in [1.82, 2.24) is 9.80 Å². The molecule has 1 heterocycles. The molecule has 0 unspecified atom stereocenters. The van der Waals surface area contributed by atoms with Crippen molar-refractivity contribution in [3.8, 4) is 0 Å². The fourth-order valence-electron chi connectivity index (χ4n) is 1.49. The summed E-state index contributed by atoms with van der Waals surface area (Å²) < 4.78 is 0. The normalized spacial score (nSPS) is 19.6. The molecule has 3 heteroatoms. The number of likely N-dealkylation sites (N-methyl/N-ethyl adjacent to an activating group) is 1. The summed E-state index contributed by atoms with van der Waals surface area (Å²) in [5.41, 5.74) is 1.02. The maximum absolute atomic E-state index is 4.03. The molecule has 0 aromatic heterocycles. The van der Waals surface area contributed by atoms with Crippen LogP contribution in [-0.2, 0) is 0 Å². The highest BCUT2D eigenvalue weighted by Crippen LogP contribution is 2.11. The second-order valence-electron chi connectivity index (χ2n) is 3.80. The summed E-state index contributed by atoms with van der Waals surface area (Å²) in [5, 5.41) is 0. The van der Waals surface area contributed by atoms with Gasteiger partial charge >= 0.3 is 0 Å². The van der Waals surface area contributed by atoms with E-state index >= 15 is 0 Å². The largest absolute Gasteiger partial charge is 0.354 e. The van der Waals surface area contributed by atoms with E-state index in [-0.39, 0.29) is 0 Å². The van der Waals surface area contributed by atoms with E-state index in [4.69, 9.17) is 0 Å². The van der Waals surface area contributed by atoms with Gasteiger partial charge in [-0.05, 0) is 26.8 Å². The van der Waals surface area contributed by atoms with Crippen molar-refractivity contribution in [2.75, 3.05) is 33.2 Å². The first-order chi connectivity index (χ1) is 6.63. The van der Waals surface area contributed by atoms with Gasteiger partial charge in [0, 0.05) is 26.2 Å². The van der Waals surface area contributed by atoms with Crippen molar-refractivity contribution < 1.29 is 0 Å². The van der Waals surface area contributed by atoms with E-state index in [1.54, 1.807) is 0 Å². The molecule has 1 saturated heterocycles. The lowest BCUT2D eigenvalue weighted by molar-refractivity contribution is 0.185. The van der Waals surface area contributed by atoms with Crippen LogP contribution in [0.25, 0.3) is 0 Å². The first kappa shape index (κ1) is 11.0. The quantitative estimate of drug-likeness (QED) is 0.498. The summed E-state index contributed by atoms with van der Waals surface area (Å²) in [6.07, 6.45) is 1.98. The molecule has 0 atom stereocenters. The third-order valence-electron chi connectivity index (χ3n) is 2.36. The molecule has 0 spiro atoms. The summed E-state index contributed by atoms with van der Waals surface area (Å²) in [6.45, 7) is 13.6. The summed E-state index contributed by atoms with van der Waals surface area (Å²) in [5.74, 6) is 0.950. The number of piperazine rings is 1. The lowest BCUT2D eigenvalue weighted by Crippen LogP contribution is -2.43. The van der Waals surface area contributed by atoms with Gasteiger partial charge in [-0.1, -0.05) is 12.2 Å². The van der Waals surface area contributed by atoms with Gasteiger partial charge < -0.3 is 9.80 Å². The summed E-state index contributed by atoms with van der Waals surface area (Å²) in [7, 11) is 2.14. The summed E-state index contributed by atoms with van der Waals surface area (Å²) >= 11 is 0. The molecule has 0 bridgehead atoms. The van der Waals surface area contributed by atoms with Crippen molar-refractivity contribution in [2.24, 2.45) is 4.99 Å². The number of rotatable bonds is 3. The van der Waals surface area contributed by atoms with Gasteiger partial charge in [-0.3, -0.25) is 0 Å². The number of hydrogen-bond donors (Lipinski definition) is 0. The van der Waals surface area contributed by atoms with Crippen LogP contribution in [-0.4, -0.2) is 49.7 Å². The zero-order valence-electron chi connectivity index (χ0n) is 9.16. The second-order valence-corrected chi connectivity index (χ2v) is 3.80. The van der Waals surface area contributed by atoms with E-state index < -0.39 is 0 Å². The summed E-state index contributed by atoms with van der Waals surface area (Å²) in [4.78, 5) is 8.60. The topological polar surface area (TPSA) is 18.8 Å². The number of aliphatic imine (C=N–C) groups is 1. The van der Waals surface area contributed by atoms with Crippen molar-refractivity contribution in [1.29, 1.82) is 0 Å². The van der Waals surface area contributed by atoms with Crippen LogP contribution in [0.1, 0.15) is 6.92 Å². The van der Waals surface area contributed by atoms with Crippen molar-refractivity contribution in [3.05, 3.63) is 24.0 Å². The molecule has 0 saturated carbocycles. The maximum atomic E-state index is 4.03. The van der Waals surface area contributed by atoms with Crippen LogP contribution in [0.5, 0.6) is 0 Å². The van der Waals surface area contributed by atoms with E-state index in [2.05, 4.69) is 35.1 Å². The van der Waals surface area contributed by atoms with Gasteiger partial charge in [0.1, 0.15) is 5.82 Å². The van der Waals surface area contributed by atoms with Crippen LogP contribution in [0, 0.1) is 0 Å². The third-order valence-corrected chi connectivity index (χ3v) is 2.36. The van der Waals surface area contributed by atoms with Gasteiger partial charge in [-0.25, -0.2) is 4.99 Å². The molecule has 0 aromatic rings. The zero-order chi connectivity index (χ0) is 10.6. The van der Waals surface area contributed by atoms with Crippen LogP contribution in [0.2, 0.25) is 0 Å². The Bertz CT molecular complexity index is 247. The smallest absolute Gasteiger partial charge is 0.128 e. The average molecular weight is 193 g/mol. The molecule has 1 aliphatic rings. The Morgan fingerprint density at radius 1 is 1.29 bits per heavy atom. The van der Waals surface area contributed by atoms with E-state index in [0.29, 0.717) is 0 Å². The Morgan fingerprint density at radius 2 is 1.86 bits per heavy atom. The third kappa shape index (κ3) is 3.00. The molecule has 78 valence electrons. The lowest BCUT2D eigenvalue weighted by Gasteiger charge is -2.33. The van der Waals surface area contributed by atoms with Crippen molar-refractivity contribution in [3.63, 3.8) is 0 Å². The van der Waals surface area contributed by atoms with Gasteiger partial charge in [0.15, 0.2) is 0 Å².